The molecule has 3 nitrogen and oxygen atoms in total. The van der Waals surface area contributed by atoms with Crippen LogP contribution < -0.4 is 5.73 Å². The quantitative estimate of drug-likeness (QED) is 0.730. The van der Waals surface area contributed by atoms with Gasteiger partial charge in [-0.15, -0.1) is 17.0 Å². The molecule has 0 amide bonds. The van der Waals surface area contributed by atoms with E-state index in [1.165, 1.54) is 0 Å². The Labute approximate surface area is 74.0 Å². The first-order chi connectivity index (χ1) is 4.86. The van der Waals surface area contributed by atoms with Crippen LogP contribution in [-0.2, 0) is 0 Å². The summed E-state index contributed by atoms with van der Waals surface area (Å²) in [5.74, 6) is 0. The van der Waals surface area contributed by atoms with E-state index >= 15 is 0 Å². The summed E-state index contributed by atoms with van der Waals surface area (Å²) in [5, 5.41) is 0. The van der Waals surface area contributed by atoms with Crippen LogP contribution in [0.2, 0.25) is 0 Å². The molecule has 0 aliphatic heterocycles. The molecule has 1 aromatic heterocycles. The number of nitrogens with two attached hydrogens (primary N) is 1. The fraction of sp³-hybridized carbons (Fsp3) is 0. The Kier molecular flexibility index (Phi) is 2.14. The van der Waals surface area contributed by atoms with Crippen molar-refractivity contribution in [3.63, 3.8) is 0 Å². The summed E-state index contributed by atoms with van der Waals surface area (Å²) in [6.45, 7) is 0. The molecule has 0 fully saturated rings. The van der Waals surface area contributed by atoms with Gasteiger partial charge in [0.1, 0.15) is 5.52 Å². The minimum atomic E-state index is 0. The standard InChI is InChI=1S/C7H6N2O.BrH/c8-7-9-5-3-1-2-4-6(5)10-7;/h1-4H,(H2,8,9);1H. The fourth-order valence-corrected chi connectivity index (χ4v) is 0.890. The summed E-state index contributed by atoms with van der Waals surface area (Å²) in [6.07, 6.45) is 0. The van der Waals surface area contributed by atoms with E-state index in [1.54, 1.807) is 0 Å². The highest BCUT2D eigenvalue weighted by Crippen LogP contribution is 2.14. The van der Waals surface area contributed by atoms with Crippen molar-refractivity contribution in [3.05, 3.63) is 24.3 Å². The second kappa shape index (κ2) is 2.92. The van der Waals surface area contributed by atoms with E-state index < -0.39 is 0 Å². The molecule has 0 aliphatic carbocycles. The van der Waals surface area contributed by atoms with Crippen LogP contribution in [0.15, 0.2) is 28.7 Å². The normalized spacial score (nSPS) is 9.45. The van der Waals surface area contributed by atoms with Gasteiger partial charge in [-0.05, 0) is 12.1 Å². The van der Waals surface area contributed by atoms with Crippen molar-refractivity contribution < 1.29 is 4.42 Å². The topological polar surface area (TPSA) is 52.0 Å². The van der Waals surface area contributed by atoms with E-state index in [1.807, 2.05) is 24.3 Å². The average molecular weight is 215 g/mol. The van der Waals surface area contributed by atoms with Gasteiger partial charge in [-0.3, -0.25) is 0 Å². The number of nitrogens with zero attached hydrogens (tertiary/aromatic N) is 1. The van der Waals surface area contributed by atoms with Crippen LogP contribution in [0.3, 0.4) is 0 Å². The van der Waals surface area contributed by atoms with E-state index in [0.717, 1.165) is 11.1 Å². The maximum atomic E-state index is 5.31. The molecule has 0 atom stereocenters. The van der Waals surface area contributed by atoms with Gasteiger partial charge in [0.15, 0.2) is 5.58 Å². The molecule has 4 heteroatoms. The maximum Gasteiger partial charge on any atom is 0.292 e. The van der Waals surface area contributed by atoms with Crippen LogP contribution in [0.1, 0.15) is 0 Å². The van der Waals surface area contributed by atoms with Crippen molar-refractivity contribution in [3.8, 4) is 0 Å². The first-order valence-corrected chi connectivity index (χ1v) is 2.97. The average Bonchev–Trinajstić information content (AvgIpc) is 2.27. The Morgan fingerprint density at radius 1 is 1.27 bits per heavy atom. The zero-order valence-electron chi connectivity index (χ0n) is 5.65. The van der Waals surface area contributed by atoms with Crippen LogP contribution in [0.5, 0.6) is 0 Å². The summed E-state index contributed by atoms with van der Waals surface area (Å²) in [7, 11) is 0. The third kappa shape index (κ3) is 1.35. The van der Waals surface area contributed by atoms with Gasteiger partial charge in [-0.1, -0.05) is 12.1 Å². The minimum Gasteiger partial charge on any atom is -0.424 e. The summed E-state index contributed by atoms with van der Waals surface area (Å²) in [5.41, 5.74) is 6.85. The van der Waals surface area contributed by atoms with Gasteiger partial charge < -0.3 is 10.2 Å². The van der Waals surface area contributed by atoms with Gasteiger partial charge in [0.2, 0.25) is 0 Å². The van der Waals surface area contributed by atoms with Crippen molar-refractivity contribution >= 4 is 34.1 Å². The van der Waals surface area contributed by atoms with E-state index in [0.29, 0.717) is 0 Å². The second-order valence-corrected chi connectivity index (χ2v) is 2.02. The third-order valence-corrected chi connectivity index (χ3v) is 1.31. The number of anilines is 1. The second-order valence-electron chi connectivity index (χ2n) is 2.02. The molecular weight excluding hydrogens is 208 g/mol. The lowest BCUT2D eigenvalue weighted by molar-refractivity contribution is 0.626. The van der Waals surface area contributed by atoms with Crippen molar-refractivity contribution in [2.75, 3.05) is 5.73 Å². The fourth-order valence-electron chi connectivity index (χ4n) is 0.890. The van der Waals surface area contributed by atoms with Crippen LogP contribution in [0, 0.1) is 0 Å². The molecule has 0 bridgehead atoms. The Hall–Kier alpha value is -1.03. The molecule has 1 aromatic carbocycles. The van der Waals surface area contributed by atoms with E-state index in [-0.39, 0.29) is 23.0 Å². The number of oxazole rings is 1. The number of benzene rings is 1. The Bertz CT molecular complexity index is 325. The monoisotopic (exact) mass is 214 g/mol. The molecule has 0 saturated heterocycles. The molecule has 1 heterocycles. The first-order valence-electron chi connectivity index (χ1n) is 2.97. The zero-order chi connectivity index (χ0) is 6.97. The number of fused-ring (bicyclic) bond motifs is 1. The summed E-state index contributed by atoms with van der Waals surface area (Å²) in [4.78, 5) is 3.92. The largest absolute Gasteiger partial charge is 0.424 e. The third-order valence-electron chi connectivity index (χ3n) is 1.31. The minimum absolute atomic E-state index is 0. The van der Waals surface area contributed by atoms with Gasteiger partial charge in [0.05, 0.1) is 0 Å². The van der Waals surface area contributed by atoms with E-state index in [9.17, 15) is 0 Å². The molecule has 2 aromatic rings. The van der Waals surface area contributed by atoms with Crippen LogP contribution >= 0.6 is 17.0 Å². The number of nitrogen functional groups attached to an aromatic ring is 1. The highest BCUT2D eigenvalue weighted by molar-refractivity contribution is 8.93. The first kappa shape index (κ1) is 8.07. The molecule has 0 aliphatic rings. The van der Waals surface area contributed by atoms with Gasteiger partial charge >= 0.3 is 0 Å². The smallest absolute Gasteiger partial charge is 0.292 e. The molecule has 2 rings (SSSR count). The van der Waals surface area contributed by atoms with Gasteiger partial charge in [0, 0.05) is 0 Å². The summed E-state index contributed by atoms with van der Waals surface area (Å²) < 4.78 is 5.03. The van der Waals surface area contributed by atoms with Crippen LogP contribution in [-0.4, -0.2) is 4.98 Å². The van der Waals surface area contributed by atoms with Crippen molar-refractivity contribution in [1.82, 2.24) is 4.98 Å². The van der Waals surface area contributed by atoms with Crippen LogP contribution in [0.4, 0.5) is 6.01 Å². The Balaban J connectivity index is 0.000000605. The van der Waals surface area contributed by atoms with Gasteiger partial charge in [0.25, 0.3) is 6.01 Å². The lowest BCUT2D eigenvalue weighted by Gasteiger charge is -1.79. The number of hydrogen-bond donors (Lipinski definition) is 1. The molecule has 11 heavy (non-hydrogen) atoms. The number of aromatic nitrogens is 1. The molecule has 0 spiro atoms. The lowest BCUT2D eigenvalue weighted by atomic mass is 10.3. The predicted molar refractivity (Wildman–Crippen MR) is 48.7 cm³/mol. The highest BCUT2D eigenvalue weighted by atomic mass is 79.9. The number of hydrogen-bond acceptors (Lipinski definition) is 3. The maximum absolute atomic E-state index is 5.31. The molecule has 0 saturated carbocycles. The number of halogens is 1. The lowest BCUT2D eigenvalue weighted by Crippen LogP contribution is -1.80. The van der Waals surface area contributed by atoms with Crippen molar-refractivity contribution in [1.29, 1.82) is 0 Å². The highest BCUT2D eigenvalue weighted by Gasteiger charge is 1.97. The van der Waals surface area contributed by atoms with Crippen LogP contribution in [0.25, 0.3) is 11.1 Å². The zero-order valence-corrected chi connectivity index (χ0v) is 7.36. The summed E-state index contributed by atoms with van der Waals surface area (Å²) >= 11 is 0. The molecular formula is C7H7BrN2O. The molecule has 2 N–H and O–H groups in total. The predicted octanol–water partition coefficient (Wildman–Crippen LogP) is 1.99. The van der Waals surface area contributed by atoms with Gasteiger partial charge in [-0.2, -0.15) is 4.98 Å². The Morgan fingerprint density at radius 3 is 2.73 bits per heavy atom. The SMILES string of the molecule is Br.Nc1nc2ccccc2o1. The summed E-state index contributed by atoms with van der Waals surface area (Å²) in [6, 6.07) is 7.69. The number of rotatable bonds is 0. The van der Waals surface area contributed by atoms with E-state index in [4.69, 9.17) is 10.2 Å². The molecule has 0 radical (unpaired) electrons. The number of para-hydroxylation sites is 2. The Morgan fingerprint density at radius 2 is 2.00 bits per heavy atom. The van der Waals surface area contributed by atoms with Crippen molar-refractivity contribution in [2.45, 2.75) is 0 Å². The van der Waals surface area contributed by atoms with Gasteiger partial charge in [-0.25, -0.2) is 0 Å². The van der Waals surface area contributed by atoms with Crippen molar-refractivity contribution in [2.24, 2.45) is 0 Å². The molecule has 0 unspecified atom stereocenters. The molecule has 58 valence electrons. The van der Waals surface area contributed by atoms with E-state index in [2.05, 4.69) is 4.98 Å².